The molecule has 0 aliphatic rings. The number of nitrogens with one attached hydrogen (secondary N) is 3. The second-order valence-electron chi connectivity index (χ2n) is 20.8. The molecule has 1 heterocycles. The van der Waals surface area contributed by atoms with E-state index in [1.165, 1.54) is 36.7 Å². The van der Waals surface area contributed by atoms with Crippen LogP contribution in [0.3, 0.4) is 0 Å². The van der Waals surface area contributed by atoms with Gasteiger partial charge in [0.2, 0.25) is 17.8 Å². The average molecular weight is 1260 g/mol. The summed E-state index contributed by atoms with van der Waals surface area (Å²) in [5.74, 6) is -0.977. The van der Waals surface area contributed by atoms with Gasteiger partial charge in [0, 0.05) is 59.4 Å². The summed E-state index contributed by atoms with van der Waals surface area (Å²) < 4.78 is 133. The SMILES string of the molecule is C.C.CCN(c1ccccc1)c1nc(NCCC[Si](C)(C)C)nc(Nc2cc(S(=O)(=O)O)cc3cc(S(=O)(=O)O)c(N=Nc4ccc5ccccc5c4S(=O)(=O)O)c(O)c23)n1.CO[Si](C)(C)OC(=O)CCNCCC[Si](C)(C)C.O=[Si]=O. The molecule has 6 rings (SSSR count). The maximum atomic E-state index is 12.8. The molecule has 24 nitrogen and oxygen atoms in total. The first-order valence-corrected chi connectivity index (χ1v) is 40.3. The molecule has 450 valence electrons. The molecular weight excluding hydrogens is 1190 g/mol. The number of carbonyl (C=O) groups excluding carboxylic acids is 1. The normalized spacial score (nSPS) is 12.0. The van der Waals surface area contributed by atoms with Crippen molar-refractivity contribution in [2.24, 2.45) is 10.2 Å². The van der Waals surface area contributed by atoms with Gasteiger partial charge in [0.1, 0.15) is 21.2 Å². The van der Waals surface area contributed by atoms with Gasteiger partial charge in [0.05, 0.1) is 17.0 Å². The number of azo groups is 1. The lowest BCUT2D eigenvalue weighted by atomic mass is 10.1. The van der Waals surface area contributed by atoms with Gasteiger partial charge >= 0.3 is 17.9 Å². The maximum Gasteiger partial charge on any atom is 0.549 e. The van der Waals surface area contributed by atoms with Gasteiger partial charge < -0.3 is 34.8 Å². The number of aromatic nitrogens is 3. The van der Waals surface area contributed by atoms with E-state index in [9.17, 15) is 48.8 Å². The second kappa shape index (κ2) is 31.1. The third-order valence-corrected chi connectivity index (χ3v) is 19.6. The van der Waals surface area contributed by atoms with Crippen LogP contribution in [0.1, 0.15) is 41.0 Å². The van der Waals surface area contributed by atoms with E-state index in [0.717, 1.165) is 42.9 Å². The van der Waals surface area contributed by atoms with Gasteiger partial charge in [-0.3, -0.25) is 27.4 Å². The Balaban J connectivity index is 0.000000850. The highest BCUT2D eigenvalue weighted by molar-refractivity contribution is 7.86. The molecule has 31 heteroatoms. The van der Waals surface area contributed by atoms with Crippen LogP contribution in [0.4, 0.5) is 40.6 Å². The summed E-state index contributed by atoms with van der Waals surface area (Å²) in [4.78, 5) is 24.6. The standard InChI is InChI=1S/C37H40N8O10S3Si.C12H29NO3Si2.2CH4.O2Si/c1-5-45(25-13-7-6-8-14-25)37-41-35(38-18-11-19-59(2,3)4)40-36(42-37)39-29-22-26(56(47,48)49)20-24-21-30(57(50,51)52)32(33(46)31(24)29)44-43-28-17-16-23-12-9-10-15-27(23)34(28)58(53,54)55;1-15-18(5,6)16-12(14)8-10-13-9-7-11-17(2,3)4;;;1-3-2/h6-10,12-17,20-22,46H,5,11,18-19H2,1-4H3,(H,47,48,49)(H,50,51,52)(H,53,54,55)(H2,38,39,40,41,42);13H,7-11H2,1-6H3;2*1H4;. The predicted octanol–water partition coefficient (Wildman–Crippen LogP) is 11.3. The van der Waals surface area contributed by atoms with E-state index in [1.807, 2.05) is 50.3 Å². The van der Waals surface area contributed by atoms with Gasteiger partial charge in [-0.2, -0.15) is 40.2 Å². The van der Waals surface area contributed by atoms with Gasteiger partial charge in [-0.05, 0) is 86.6 Å². The highest BCUT2D eigenvalue weighted by atomic mass is 32.2. The van der Waals surface area contributed by atoms with Crippen LogP contribution in [0.2, 0.25) is 64.5 Å². The summed E-state index contributed by atoms with van der Waals surface area (Å²) in [5.41, 5.74) is -0.877. The Labute approximate surface area is 486 Å². The molecule has 0 spiro atoms. The molecule has 0 aliphatic carbocycles. The van der Waals surface area contributed by atoms with Gasteiger partial charge in [-0.1, -0.05) is 115 Å². The van der Waals surface area contributed by atoms with Crippen molar-refractivity contribution < 1.29 is 66.6 Å². The van der Waals surface area contributed by atoms with E-state index in [1.54, 1.807) is 24.1 Å². The maximum absolute atomic E-state index is 12.8. The van der Waals surface area contributed by atoms with E-state index >= 15 is 0 Å². The molecule has 7 N–H and O–H groups in total. The Bertz CT molecular complexity index is 3550. The molecule has 1 aromatic heterocycles. The number of rotatable bonds is 24. The number of hydrogen-bond donors (Lipinski definition) is 7. The number of para-hydroxylation sites is 1. The van der Waals surface area contributed by atoms with Crippen LogP contribution >= 0.6 is 0 Å². The molecule has 0 saturated carbocycles. The number of phenolic OH excluding ortho intramolecular Hbond substituents is 1. The zero-order chi connectivity index (χ0) is 59.9. The lowest BCUT2D eigenvalue weighted by Crippen LogP contribution is -2.36. The first-order chi connectivity index (χ1) is 37.2. The van der Waals surface area contributed by atoms with E-state index in [-0.39, 0.29) is 60.5 Å². The first kappa shape index (κ1) is 72.1. The van der Waals surface area contributed by atoms with Crippen LogP contribution in [0.5, 0.6) is 5.75 Å². The van der Waals surface area contributed by atoms with Crippen molar-refractivity contribution in [3.8, 4) is 5.75 Å². The highest BCUT2D eigenvalue weighted by Gasteiger charge is 2.29. The monoisotopic (exact) mass is 1260 g/mol. The molecule has 0 unspecified atom stereocenters. The molecule has 0 saturated heterocycles. The summed E-state index contributed by atoms with van der Waals surface area (Å²) in [5, 5.41) is 28.8. The molecule has 0 atom stereocenters. The zero-order valence-electron chi connectivity index (χ0n) is 46.1. The minimum Gasteiger partial charge on any atom is -0.505 e. The summed E-state index contributed by atoms with van der Waals surface area (Å²) in [6.45, 7) is 22.1. The summed E-state index contributed by atoms with van der Waals surface area (Å²) in [7, 11) is -19.5. The van der Waals surface area contributed by atoms with Gasteiger partial charge in [0.25, 0.3) is 36.3 Å². The molecule has 0 radical (unpaired) electrons. The molecule has 0 bridgehead atoms. The minimum absolute atomic E-state index is 0. The van der Waals surface area contributed by atoms with E-state index < -0.39 is 96.2 Å². The summed E-state index contributed by atoms with van der Waals surface area (Å²) in [6.07, 6.45) is 2.44. The Morgan fingerprint density at radius 3 is 1.85 bits per heavy atom. The van der Waals surface area contributed by atoms with Crippen LogP contribution in [0.15, 0.2) is 110 Å². The number of hydrogen-bond acceptors (Lipinski definition) is 21. The topological polar surface area (TPSA) is 356 Å². The lowest BCUT2D eigenvalue weighted by Gasteiger charge is -2.22. The van der Waals surface area contributed by atoms with E-state index in [4.69, 9.17) is 17.8 Å². The fraction of sp³-hybridized carbons (Fsp3) is 0.412. The summed E-state index contributed by atoms with van der Waals surface area (Å²) in [6, 6.07) is 22.9. The molecule has 0 aliphatic heterocycles. The number of phenols is 1. The molecule has 0 fully saturated rings. The van der Waals surface area contributed by atoms with E-state index in [2.05, 4.69) is 80.4 Å². The number of aromatic hydroxyl groups is 1. The number of nitrogens with zero attached hydrogens (tertiary/aromatic N) is 6. The van der Waals surface area contributed by atoms with Crippen molar-refractivity contribution in [2.45, 2.75) is 120 Å². The van der Waals surface area contributed by atoms with Crippen molar-refractivity contribution in [3.63, 3.8) is 0 Å². The van der Waals surface area contributed by atoms with Gasteiger partial charge in [0.15, 0.2) is 5.75 Å². The van der Waals surface area contributed by atoms with Gasteiger partial charge in [-0.15, -0.1) is 10.2 Å². The number of carbonyl (C=O) groups is 1. The quantitative estimate of drug-likeness (QED) is 0.0128. The van der Waals surface area contributed by atoms with E-state index in [0.29, 0.717) is 31.4 Å². The third-order valence-electron chi connectivity index (χ3n) is 11.6. The Morgan fingerprint density at radius 1 is 0.707 bits per heavy atom. The fourth-order valence-electron chi connectivity index (χ4n) is 7.72. The van der Waals surface area contributed by atoms with Crippen LogP contribution in [-0.2, 0) is 52.9 Å². The largest absolute Gasteiger partial charge is 0.549 e. The second-order valence-corrected chi connectivity index (χ2v) is 39.8. The Morgan fingerprint density at radius 2 is 1.29 bits per heavy atom. The number of benzene rings is 5. The number of anilines is 5. The number of fused-ring (bicyclic) bond motifs is 2. The van der Waals surface area contributed by atoms with Gasteiger partial charge in [-0.25, -0.2) is 0 Å². The highest BCUT2D eigenvalue weighted by Crippen LogP contribution is 2.46. The Kier molecular flexibility index (Phi) is 27.3. The Hall–Kier alpha value is -5.98. The van der Waals surface area contributed by atoms with Crippen molar-refractivity contribution in [2.75, 3.05) is 48.8 Å². The van der Waals surface area contributed by atoms with Crippen LogP contribution in [0.25, 0.3) is 21.5 Å². The first-order valence-electron chi connectivity index (χ1n) is 25.0. The molecule has 82 heavy (non-hydrogen) atoms. The average Bonchev–Trinajstić information content (AvgIpc) is 3.54. The van der Waals surface area contributed by atoms with Crippen molar-refractivity contribution in [1.29, 1.82) is 0 Å². The third kappa shape index (κ3) is 22.3. The van der Waals surface area contributed by atoms with Crippen molar-refractivity contribution >= 4 is 132 Å². The van der Waals surface area contributed by atoms with Crippen molar-refractivity contribution in [3.05, 3.63) is 84.9 Å². The van der Waals surface area contributed by atoms with Crippen molar-refractivity contribution in [1.82, 2.24) is 20.3 Å². The molecule has 5 aromatic carbocycles. The van der Waals surface area contributed by atoms with Crippen LogP contribution in [0, 0.1) is 0 Å². The fourth-order valence-corrected chi connectivity index (χ4v) is 13.0. The summed E-state index contributed by atoms with van der Waals surface area (Å²) >= 11 is 0. The molecule has 0 amide bonds. The molecule has 6 aromatic rings. The minimum atomic E-state index is -5.27. The molecular formula is C51H77N9O15S3Si4. The van der Waals surface area contributed by atoms with Crippen LogP contribution in [-0.4, -0.2) is 132 Å². The smallest absolute Gasteiger partial charge is 0.505 e. The zero-order valence-corrected chi connectivity index (χ0v) is 52.6. The van der Waals surface area contributed by atoms with Crippen LogP contribution < -0.4 is 20.9 Å². The predicted molar refractivity (Wildman–Crippen MR) is 328 cm³/mol. The lowest BCUT2D eigenvalue weighted by molar-refractivity contribution is -0.136.